The van der Waals surface area contributed by atoms with Crippen molar-refractivity contribution in [2.24, 2.45) is 0 Å². The third kappa shape index (κ3) is 1.56. The standard InChI is InChI=1S/C12H15FO2/c1-15-12(8-14)7-3-4-9-10(12)5-2-6-11(9)13/h2,5-6,14H,3-4,7-8H2,1H3. The number of fused-ring (bicyclic) bond motifs is 1. The minimum atomic E-state index is -0.699. The van der Waals surface area contributed by atoms with Gasteiger partial charge in [-0.2, -0.15) is 0 Å². The molecule has 1 unspecified atom stereocenters. The van der Waals surface area contributed by atoms with E-state index in [1.54, 1.807) is 13.2 Å². The van der Waals surface area contributed by atoms with Gasteiger partial charge in [-0.15, -0.1) is 0 Å². The molecule has 0 heterocycles. The Morgan fingerprint density at radius 3 is 3.00 bits per heavy atom. The number of benzene rings is 1. The molecule has 1 aromatic rings. The van der Waals surface area contributed by atoms with Gasteiger partial charge in [0.25, 0.3) is 0 Å². The van der Waals surface area contributed by atoms with E-state index in [9.17, 15) is 9.50 Å². The van der Waals surface area contributed by atoms with Crippen LogP contribution in [0.15, 0.2) is 18.2 Å². The van der Waals surface area contributed by atoms with Crippen LogP contribution in [0.25, 0.3) is 0 Å². The molecule has 0 bridgehead atoms. The fourth-order valence-electron chi connectivity index (χ4n) is 2.37. The number of rotatable bonds is 2. The van der Waals surface area contributed by atoms with E-state index in [2.05, 4.69) is 0 Å². The van der Waals surface area contributed by atoms with E-state index in [0.717, 1.165) is 24.8 Å². The highest BCUT2D eigenvalue weighted by Gasteiger charge is 2.36. The first-order valence-corrected chi connectivity index (χ1v) is 5.17. The van der Waals surface area contributed by atoms with E-state index < -0.39 is 5.60 Å². The number of aliphatic hydroxyl groups excluding tert-OH is 1. The van der Waals surface area contributed by atoms with E-state index in [4.69, 9.17) is 4.74 Å². The summed E-state index contributed by atoms with van der Waals surface area (Å²) in [6.45, 7) is -0.0973. The summed E-state index contributed by atoms with van der Waals surface area (Å²) in [5.74, 6) is -0.193. The SMILES string of the molecule is COC1(CO)CCCc2c(F)cccc21. The molecule has 0 saturated carbocycles. The average Bonchev–Trinajstić information content (AvgIpc) is 2.29. The molecule has 1 N–H and O–H groups in total. The van der Waals surface area contributed by atoms with E-state index in [0.29, 0.717) is 5.56 Å². The predicted molar refractivity (Wildman–Crippen MR) is 55.1 cm³/mol. The number of hydrogen-bond donors (Lipinski definition) is 1. The molecule has 1 aliphatic rings. The Labute approximate surface area is 88.7 Å². The molecule has 1 atom stereocenters. The molecule has 82 valence electrons. The Bertz CT molecular complexity index is 359. The van der Waals surface area contributed by atoms with Crippen LogP contribution in [-0.4, -0.2) is 18.8 Å². The highest BCUT2D eigenvalue weighted by molar-refractivity contribution is 5.36. The van der Waals surface area contributed by atoms with Gasteiger partial charge in [-0.25, -0.2) is 4.39 Å². The molecule has 0 amide bonds. The largest absolute Gasteiger partial charge is 0.393 e. The lowest BCUT2D eigenvalue weighted by molar-refractivity contribution is -0.0691. The monoisotopic (exact) mass is 210 g/mol. The topological polar surface area (TPSA) is 29.5 Å². The van der Waals surface area contributed by atoms with Gasteiger partial charge in [-0.1, -0.05) is 12.1 Å². The fraction of sp³-hybridized carbons (Fsp3) is 0.500. The predicted octanol–water partition coefficient (Wildman–Crippen LogP) is 2.00. The Balaban J connectivity index is 2.55. The van der Waals surface area contributed by atoms with Crippen LogP contribution in [0, 0.1) is 5.82 Å². The van der Waals surface area contributed by atoms with Crippen molar-refractivity contribution < 1.29 is 14.2 Å². The second kappa shape index (κ2) is 3.91. The third-order valence-electron chi connectivity index (χ3n) is 3.26. The molecule has 2 nitrogen and oxygen atoms in total. The Kier molecular flexibility index (Phi) is 2.76. The van der Waals surface area contributed by atoms with Gasteiger partial charge in [0.1, 0.15) is 11.4 Å². The van der Waals surface area contributed by atoms with Crippen LogP contribution in [0.1, 0.15) is 24.0 Å². The van der Waals surface area contributed by atoms with Crippen molar-refractivity contribution in [1.82, 2.24) is 0 Å². The number of ether oxygens (including phenoxy) is 1. The number of methoxy groups -OCH3 is 1. The zero-order valence-corrected chi connectivity index (χ0v) is 8.79. The lowest BCUT2D eigenvalue weighted by Crippen LogP contribution is -2.37. The van der Waals surface area contributed by atoms with Crippen molar-refractivity contribution in [3.05, 3.63) is 35.1 Å². The molecule has 1 aromatic carbocycles. The molecular weight excluding hydrogens is 195 g/mol. The summed E-state index contributed by atoms with van der Waals surface area (Å²) in [7, 11) is 1.57. The maximum Gasteiger partial charge on any atom is 0.126 e. The fourth-order valence-corrected chi connectivity index (χ4v) is 2.37. The lowest BCUT2D eigenvalue weighted by Gasteiger charge is -2.36. The third-order valence-corrected chi connectivity index (χ3v) is 3.26. The van der Waals surface area contributed by atoms with E-state index in [1.165, 1.54) is 6.07 Å². The van der Waals surface area contributed by atoms with Crippen LogP contribution in [0.5, 0.6) is 0 Å². The minimum absolute atomic E-state index is 0.0973. The normalized spacial score (nSPS) is 25.0. The van der Waals surface area contributed by atoms with Crippen LogP contribution in [0.3, 0.4) is 0 Å². The molecule has 1 aliphatic carbocycles. The first kappa shape index (κ1) is 10.6. The minimum Gasteiger partial charge on any atom is -0.393 e. The average molecular weight is 210 g/mol. The summed E-state index contributed by atoms with van der Waals surface area (Å²) in [5.41, 5.74) is 0.800. The number of hydrogen-bond acceptors (Lipinski definition) is 2. The molecule has 0 radical (unpaired) electrons. The molecule has 0 saturated heterocycles. The van der Waals surface area contributed by atoms with Gasteiger partial charge in [0.2, 0.25) is 0 Å². The molecule has 3 heteroatoms. The lowest BCUT2D eigenvalue weighted by atomic mass is 9.79. The molecule has 0 aromatic heterocycles. The van der Waals surface area contributed by atoms with Gasteiger partial charge in [-0.3, -0.25) is 0 Å². The highest BCUT2D eigenvalue weighted by atomic mass is 19.1. The van der Waals surface area contributed by atoms with Crippen molar-refractivity contribution in [2.75, 3.05) is 13.7 Å². The molecule has 2 rings (SSSR count). The van der Waals surface area contributed by atoms with Gasteiger partial charge >= 0.3 is 0 Å². The van der Waals surface area contributed by atoms with Gasteiger partial charge in [0, 0.05) is 7.11 Å². The maximum absolute atomic E-state index is 13.6. The Hall–Kier alpha value is -0.930. The van der Waals surface area contributed by atoms with Gasteiger partial charge in [-0.05, 0) is 36.5 Å². The van der Waals surface area contributed by atoms with Crippen LogP contribution in [0.2, 0.25) is 0 Å². The molecule has 15 heavy (non-hydrogen) atoms. The van der Waals surface area contributed by atoms with Crippen LogP contribution < -0.4 is 0 Å². The van der Waals surface area contributed by atoms with Gasteiger partial charge in [0.15, 0.2) is 0 Å². The first-order valence-electron chi connectivity index (χ1n) is 5.17. The second-order valence-electron chi connectivity index (χ2n) is 3.98. The van der Waals surface area contributed by atoms with E-state index >= 15 is 0 Å². The quantitative estimate of drug-likeness (QED) is 0.809. The molecule has 0 aliphatic heterocycles. The zero-order chi connectivity index (χ0) is 10.9. The van der Waals surface area contributed by atoms with Crippen molar-refractivity contribution in [2.45, 2.75) is 24.9 Å². The number of aliphatic hydroxyl groups is 1. The molecular formula is C12H15FO2. The first-order chi connectivity index (χ1) is 7.23. The van der Waals surface area contributed by atoms with Crippen molar-refractivity contribution in [3.63, 3.8) is 0 Å². The van der Waals surface area contributed by atoms with E-state index in [1.807, 2.05) is 6.07 Å². The Morgan fingerprint density at radius 1 is 1.53 bits per heavy atom. The molecule has 0 spiro atoms. The van der Waals surface area contributed by atoms with Crippen LogP contribution >= 0.6 is 0 Å². The van der Waals surface area contributed by atoms with Crippen molar-refractivity contribution in [1.29, 1.82) is 0 Å². The summed E-state index contributed by atoms with van der Waals surface area (Å²) in [6.07, 6.45) is 2.33. The van der Waals surface area contributed by atoms with Crippen molar-refractivity contribution in [3.8, 4) is 0 Å². The smallest absolute Gasteiger partial charge is 0.126 e. The van der Waals surface area contributed by atoms with Crippen LogP contribution in [0.4, 0.5) is 4.39 Å². The Morgan fingerprint density at radius 2 is 2.33 bits per heavy atom. The summed E-state index contributed by atoms with van der Waals surface area (Å²) in [4.78, 5) is 0. The summed E-state index contributed by atoms with van der Waals surface area (Å²) < 4.78 is 18.9. The summed E-state index contributed by atoms with van der Waals surface area (Å²) in [6, 6.07) is 4.97. The summed E-state index contributed by atoms with van der Waals surface area (Å²) >= 11 is 0. The highest BCUT2D eigenvalue weighted by Crippen LogP contribution is 2.38. The van der Waals surface area contributed by atoms with Crippen LogP contribution in [-0.2, 0) is 16.8 Å². The second-order valence-corrected chi connectivity index (χ2v) is 3.98. The van der Waals surface area contributed by atoms with Crippen molar-refractivity contribution >= 4 is 0 Å². The van der Waals surface area contributed by atoms with E-state index in [-0.39, 0.29) is 12.4 Å². The number of halogens is 1. The summed E-state index contributed by atoms with van der Waals surface area (Å²) in [5, 5.41) is 9.43. The van der Waals surface area contributed by atoms with Gasteiger partial charge in [0.05, 0.1) is 6.61 Å². The zero-order valence-electron chi connectivity index (χ0n) is 8.79. The van der Waals surface area contributed by atoms with Gasteiger partial charge < -0.3 is 9.84 Å². The maximum atomic E-state index is 13.6. The molecule has 0 fully saturated rings.